The molecule has 0 spiro atoms. The van der Waals surface area contributed by atoms with Crippen LogP contribution >= 0.6 is 0 Å². The summed E-state index contributed by atoms with van der Waals surface area (Å²) in [6, 6.07) is 22.0. The number of carbonyl (C=O) groups is 2. The number of benzene rings is 3. The van der Waals surface area contributed by atoms with E-state index in [9.17, 15) is 9.59 Å². The van der Waals surface area contributed by atoms with E-state index in [0.29, 0.717) is 34.0 Å². The number of fused-ring (bicyclic) bond motifs is 1. The molecule has 3 aromatic rings. The van der Waals surface area contributed by atoms with Crippen LogP contribution < -0.4 is 19.7 Å². The van der Waals surface area contributed by atoms with Gasteiger partial charge in [-0.1, -0.05) is 49.4 Å². The molecule has 0 unspecified atom stereocenters. The minimum atomic E-state index is -0.397. The number of hydrogen-bond donors (Lipinski definition) is 1. The van der Waals surface area contributed by atoms with E-state index in [1.54, 1.807) is 30.3 Å². The summed E-state index contributed by atoms with van der Waals surface area (Å²) in [6.07, 6.45) is 0.882. The van der Waals surface area contributed by atoms with E-state index in [-0.39, 0.29) is 18.4 Å². The molecule has 6 heteroatoms. The Kier molecular flexibility index (Phi) is 4.67. The molecule has 0 bridgehead atoms. The van der Waals surface area contributed by atoms with Crippen LogP contribution in [0.3, 0.4) is 0 Å². The van der Waals surface area contributed by atoms with E-state index < -0.39 is 5.91 Å². The second-order valence-corrected chi connectivity index (χ2v) is 7.27. The van der Waals surface area contributed by atoms with Gasteiger partial charge in [-0.05, 0) is 41.8 Å². The summed E-state index contributed by atoms with van der Waals surface area (Å²) in [5, 5.41) is 3.15. The molecule has 2 aliphatic rings. The van der Waals surface area contributed by atoms with Crippen LogP contribution in [-0.4, -0.2) is 18.6 Å². The van der Waals surface area contributed by atoms with Crippen molar-refractivity contribution in [2.24, 2.45) is 0 Å². The summed E-state index contributed by atoms with van der Waals surface area (Å²) in [5.41, 5.74) is 3.56. The molecule has 5 rings (SSSR count). The van der Waals surface area contributed by atoms with Crippen molar-refractivity contribution in [3.05, 3.63) is 89.6 Å². The lowest BCUT2D eigenvalue weighted by atomic mass is 10.0. The molecule has 1 N–H and O–H groups in total. The van der Waals surface area contributed by atoms with Crippen LogP contribution in [0.25, 0.3) is 5.57 Å². The van der Waals surface area contributed by atoms with E-state index >= 15 is 0 Å². The number of rotatable bonds is 5. The highest BCUT2D eigenvalue weighted by molar-refractivity contribution is 6.46. The highest BCUT2D eigenvalue weighted by Crippen LogP contribution is 2.37. The number of carbonyl (C=O) groups excluding carboxylic acids is 2. The number of ether oxygens (including phenoxy) is 2. The maximum atomic E-state index is 13.4. The zero-order valence-corrected chi connectivity index (χ0v) is 16.9. The molecule has 31 heavy (non-hydrogen) atoms. The van der Waals surface area contributed by atoms with E-state index in [1.807, 2.05) is 42.5 Å². The second-order valence-electron chi connectivity index (χ2n) is 7.27. The monoisotopic (exact) mass is 412 g/mol. The largest absolute Gasteiger partial charge is 0.454 e. The number of hydrogen-bond acceptors (Lipinski definition) is 5. The summed E-state index contributed by atoms with van der Waals surface area (Å²) in [5.74, 6) is 0.486. The molecule has 0 aliphatic carbocycles. The molecule has 3 aromatic carbocycles. The predicted molar refractivity (Wildman–Crippen MR) is 118 cm³/mol. The summed E-state index contributed by atoms with van der Waals surface area (Å²) in [6.45, 7) is 2.22. The fraction of sp³-hybridized carbons (Fsp3) is 0.120. The molecule has 0 saturated heterocycles. The molecule has 2 heterocycles. The number of anilines is 2. The Hall–Kier alpha value is -4.06. The predicted octanol–water partition coefficient (Wildman–Crippen LogP) is 4.37. The summed E-state index contributed by atoms with van der Waals surface area (Å²) in [4.78, 5) is 28.1. The lowest BCUT2D eigenvalue weighted by Gasteiger charge is -2.16. The normalized spacial score (nSPS) is 15.1. The number of imide groups is 1. The number of nitrogens with one attached hydrogen (secondary N) is 1. The standard InChI is InChI=1S/C25H20N2O4/c1-2-16-8-11-19(12-9-16)27-24(28)22(17-6-4-3-5-7-17)23(25(27)29)26-18-10-13-20-21(14-18)31-15-30-20/h3-14,26H,2,15H2,1H3. The van der Waals surface area contributed by atoms with Crippen LogP contribution in [0.2, 0.25) is 0 Å². The van der Waals surface area contributed by atoms with Crippen LogP contribution in [0.5, 0.6) is 11.5 Å². The molecule has 6 nitrogen and oxygen atoms in total. The number of nitrogens with zero attached hydrogens (tertiary/aromatic N) is 1. The fourth-order valence-electron chi connectivity index (χ4n) is 3.75. The minimum absolute atomic E-state index is 0.162. The summed E-state index contributed by atoms with van der Waals surface area (Å²) < 4.78 is 10.8. The third-order valence-electron chi connectivity index (χ3n) is 5.39. The van der Waals surface area contributed by atoms with Crippen molar-refractivity contribution in [1.82, 2.24) is 0 Å². The fourth-order valence-corrected chi connectivity index (χ4v) is 3.75. The van der Waals surface area contributed by atoms with Crippen molar-refractivity contribution in [1.29, 1.82) is 0 Å². The molecule has 2 aliphatic heterocycles. The smallest absolute Gasteiger partial charge is 0.282 e. The van der Waals surface area contributed by atoms with E-state index in [4.69, 9.17) is 9.47 Å². The van der Waals surface area contributed by atoms with Gasteiger partial charge in [-0.3, -0.25) is 9.59 Å². The van der Waals surface area contributed by atoms with Gasteiger partial charge in [0, 0.05) is 11.8 Å². The highest BCUT2D eigenvalue weighted by atomic mass is 16.7. The Labute approximate surface area is 179 Å². The van der Waals surface area contributed by atoms with Gasteiger partial charge in [0.25, 0.3) is 11.8 Å². The SMILES string of the molecule is CCc1ccc(N2C(=O)C(Nc3ccc4c(c3)OCO4)=C(c3ccccc3)C2=O)cc1. The van der Waals surface area contributed by atoms with Gasteiger partial charge in [-0.25, -0.2) is 4.90 Å². The topological polar surface area (TPSA) is 67.9 Å². The zero-order valence-electron chi connectivity index (χ0n) is 16.9. The van der Waals surface area contributed by atoms with Gasteiger partial charge in [0.2, 0.25) is 6.79 Å². The Morgan fingerprint density at radius 2 is 1.61 bits per heavy atom. The zero-order chi connectivity index (χ0) is 21.4. The third-order valence-corrected chi connectivity index (χ3v) is 5.39. The Morgan fingerprint density at radius 3 is 2.35 bits per heavy atom. The maximum Gasteiger partial charge on any atom is 0.282 e. The van der Waals surface area contributed by atoms with Gasteiger partial charge in [0.1, 0.15) is 5.70 Å². The molecule has 154 valence electrons. The molecular formula is C25H20N2O4. The van der Waals surface area contributed by atoms with E-state index in [2.05, 4.69) is 12.2 Å². The first-order valence-corrected chi connectivity index (χ1v) is 10.1. The average Bonchev–Trinajstić information content (AvgIpc) is 3.36. The van der Waals surface area contributed by atoms with Crippen LogP contribution in [0, 0.1) is 0 Å². The quantitative estimate of drug-likeness (QED) is 0.630. The number of amides is 2. The van der Waals surface area contributed by atoms with E-state index in [1.165, 1.54) is 4.90 Å². The maximum absolute atomic E-state index is 13.4. The van der Waals surface area contributed by atoms with Crippen molar-refractivity contribution in [2.75, 3.05) is 17.0 Å². The minimum Gasteiger partial charge on any atom is -0.454 e. The van der Waals surface area contributed by atoms with Gasteiger partial charge in [0.05, 0.1) is 11.3 Å². The van der Waals surface area contributed by atoms with E-state index in [0.717, 1.165) is 12.0 Å². The first kappa shape index (κ1) is 18.9. The first-order valence-electron chi connectivity index (χ1n) is 10.1. The van der Waals surface area contributed by atoms with Crippen molar-refractivity contribution in [3.63, 3.8) is 0 Å². The Bertz CT molecular complexity index is 1200. The lowest BCUT2D eigenvalue weighted by molar-refractivity contribution is -0.120. The second kappa shape index (κ2) is 7.65. The van der Waals surface area contributed by atoms with Gasteiger partial charge >= 0.3 is 0 Å². The molecule has 0 fully saturated rings. The Balaban J connectivity index is 1.56. The molecule has 0 aromatic heterocycles. The Morgan fingerprint density at radius 1 is 0.871 bits per heavy atom. The van der Waals surface area contributed by atoms with Gasteiger partial charge in [-0.2, -0.15) is 0 Å². The van der Waals surface area contributed by atoms with Crippen LogP contribution in [0.4, 0.5) is 11.4 Å². The van der Waals surface area contributed by atoms with Crippen molar-refractivity contribution in [2.45, 2.75) is 13.3 Å². The van der Waals surface area contributed by atoms with Crippen molar-refractivity contribution in [3.8, 4) is 11.5 Å². The summed E-state index contributed by atoms with van der Waals surface area (Å²) >= 11 is 0. The highest BCUT2D eigenvalue weighted by Gasteiger charge is 2.40. The van der Waals surface area contributed by atoms with Crippen LogP contribution in [-0.2, 0) is 16.0 Å². The summed E-state index contributed by atoms with van der Waals surface area (Å²) in [7, 11) is 0. The molecule has 0 radical (unpaired) electrons. The lowest BCUT2D eigenvalue weighted by Crippen LogP contribution is -2.32. The average molecular weight is 412 g/mol. The van der Waals surface area contributed by atoms with Crippen molar-refractivity contribution < 1.29 is 19.1 Å². The van der Waals surface area contributed by atoms with Crippen molar-refractivity contribution >= 4 is 28.8 Å². The molecule has 0 saturated carbocycles. The molecule has 0 atom stereocenters. The number of aryl methyl sites for hydroxylation is 1. The molecular weight excluding hydrogens is 392 g/mol. The van der Waals surface area contributed by atoms with Gasteiger partial charge < -0.3 is 14.8 Å². The molecule has 2 amide bonds. The van der Waals surface area contributed by atoms with Crippen LogP contribution in [0.1, 0.15) is 18.1 Å². The third kappa shape index (κ3) is 3.32. The van der Waals surface area contributed by atoms with Gasteiger partial charge in [-0.15, -0.1) is 0 Å². The van der Waals surface area contributed by atoms with Crippen LogP contribution in [0.15, 0.2) is 78.5 Å². The van der Waals surface area contributed by atoms with Gasteiger partial charge in [0.15, 0.2) is 11.5 Å². The first-order chi connectivity index (χ1) is 15.2.